The molecule has 3 saturated heterocycles. The molecule has 6 heteroatoms. The Balaban J connectivity index is 1.38. The number of nitrogens with zero attached hydrogens (tertiary/aromatic N) is 2. The highest BCUT2D eigenvalue weighted by molar-refractivity contribution is 5.87. The Morgan fingerprint density at radius 3 is 2.54 bits per heavy atom. The van der Waals surface area contributed by atoms with Gasteiger partial charge in [0.1, 0.15) is 6.04 Å². The van der Waals surface area contributed by atoms with Crippen LogP contribution in [0, 0.1) is 12.8 Å². The summed E-state index contributed by atoms with van der Waals surface area (Å²) in [5.41, 5.74) is 9.66. The summed E-state index contributed by atoms with van der Waals surface area (Å²) in [5.74, 6) is 1.19. The normalized spacial score (nSPS) is 28.7. The van der Waals surface area contributed by atoms with Crippen molar-refractivity contribution in [3.63, 3.8) is 0 Å². The fourth-order valence-corrected chi connectivity index (χ4v) is 5.36. The van der Waals surface area contributed by atoms with Crippen molar-refractivity contribution in [3.8, 4) is 0 Å². The summed E-state index contributed by atoms with van der Waals surface area (Å²) in [6.07, 6.45) is 3.77. The molecule has 4 rings (SSSR count). The molecule has 3 aliphatic rings. The minimum Gasteiger partial charge on any atom is -0.341 e. The molecular weight excluding hydrogens is 352 g/mol. The fraction of sp³-hybridized carbons (Fsp3) is 0.636. The standard InChI is InChI=1S/C22H32N4O2/c1-15-6-3-4-7-18(15)19-14-23-24-21(19)17-9-12-25(13-10-17)22(28)20-8-5-11-26(20)16(2)27/h3-4,6-7,17,19-21,23-24H,5,8-14H2,1-2H3/t19?,20-,21?/m0/s1. The Bertz CT molecular complexity index is 729. The van der Waals surface area contributed by atoms with E-state index >= 15 is 0 Å². The lowest BCUT2D eigenvalue weighted by atomic mass is 9.79. The van der Waals surface area contributed by atoms with Gasteiger partial charge in [0.15, 0.2) is 0 Å². The van der Waals surface area contributed by atoms with Crippen molar-refractivity contribution in [3.05, 3.63) is 35.4 Å². The zero-order valence-electron chi connectivity index (χ0n) is 17.0. The van der Waals surface area contributed by atoms with Crippen LogP contribution in [0.4, 0.5) is 0 Å². The smallest absolute Gasteiger partial charge is 0.245 e. The Kier molecular flexibility index (Phi) is 5.69. The predicted molar refractivity (Wildman–Crippen MR) is 109 cm³/mol. The number of hydrogen-bond acceptors (Lipinski definition) is 4. The first kappa shape index (κ1) is 19.4. The molecule has 2 amide bonds. The van der Waals surface area contributed by atoms with Gasteiger partial charge in [0.25, 0.3) is 0 Å². The van der Waals surface area contributed by atoms with Crippen LogP contribution in [0.25, 0.3) is 0 Å². The topological polar surface area (TPSA) is 64.7 Å². The zero-order valence-corrected chi connectivity index (χ0v) is 17.0. The van der Waals surface area contributed by atoms with Gasteiger partial charge in [-0.25, -0.2) is 0 Å². The highest BCUT2D eigenvalue weighted by Gasteiger charge is 2.40. The lowest BCUT2D eigenvalue weighted by molar-refractivity contribution is -0.143. The number of benzene rings is 1. The highest BCUT2D eigenvalue weighted by Crippen LogP contribution is 2.34. The largest absolute Gasteiger partial charge is 0.341 e. The van der Waals surface area contributed by atoms with Gasteiger partial charge in [-0.2, -0.15) is 0 Å². The van der Waals surface area contributed by atoms with Crippen LogP contribution in [0.2, 0.25) is 0 Å². The number of carbonyl (C=O) groups is 2. The maximum absolute atomic E-state index is 13.0. The van der Waals surface area contributed by atoms with Crippen molar-refractivity contribution >= 4 is 11.8 Å². The third kappa shape index (κ3) is 3.67. The monoisotopic (exact) mass is 384 g/mol. The number of hydrazine groups is 1. The molecule has 0 saturated carbocycles. The SMILES string of the molecule is CC(=O)N1CCC[C@H]1C(=O)N1CCC(C2NNCC2c2ccccc2C)CC1. The van der Waals surface area contributed by atoms with Crippen LogP contribution in [0.15, 0.2) is 24.3 Å². The van der Waals surface area contributed by atoms with Crippen LogP contribution in [0.3, 0.4) is 0 Å². The average Bonchev–Trinajstić information content (AvgIpc) is 3.38. The minimum atomic E-state index is -0.236. The molecule has 2 N–H and O–H groups in total. The molecule has 0 spiro atoms. The molecule has 3 heterocycles. The van der Waals surface area contributed by atoms with Crippen LogP contribution < -0.4 is 10.9 Å². The number of hydrogen-bond donors (Lipinski definition) is 2. The van der Waals surface area contributed by atoms with Gasteiger partial charge < -0.3 is 9.80 Å². The fourth-order valence-electron chi connectivity index (χ4n) is 5.36. The molecule has 6 nitrogen and oxygen atoms in total. The van der Waals surface area contributed by atoms with E-state index in [0.29, 0.717) is 17.9 Å². The highest BCUT2D eigenvalue weighted by atomic mass is 16.2. The van der Waals surface area contributed by atoms with Crippen molar-refractivity contribution in [2.24, 2.45) is 5.92 Å². The van der Waals surface area contributed by atoms with Crippen molar-refractivity contribution in [2.75, 3.05) is 26.2 Å². The molecule has 3 fully saturated rings. The van der Waals surface area contributed by atoms with E-state index in [9.17, 15) is 9.59 Å². The van der Waals surface area contributed by atoms with Gasteiger partial charge in [-0.15, -0.1) is 0 Å². The number of rotatable bonds is 3. The van der Waals surface area contributed by atoms with Gasteiger partial charge in [0.2, 0.25) is 11.8 Å². The van der Waals surface area contributed by atoms with Gasteiger partial charge in [-0.1, -0.05) is 24.3 Å². The van der Waals surface area contributed by atoms with Crippen molar-refractivity contribution in [2.45, 2.75) is 57.5 Å². The average molecular weight is 385 g/mol. The quantitative estimate of drug-likeness (QED) is 0.834. The number of likely N-dealkylation sites (tertiary alicyclic amines) is 2. The van der Waals surface area contributed by atoms with E-state index in [1.165, 1.54) is 11.1 Å². The molecule has 0 bridgehead atoms. The Morgan fingerprint density at radius 1 is 1.07 bits per heavy atom. The Labute approximate surface area is 167 Å². The zero-order chi connectivity index (χ0) is 19.7. The van der Waals surface area contributed by atoms with Gasteiger partial charge in [-0.3, -0.25) is 20.4 Å². The van der Waals surface area contributed by atoms with E-state index in [1.807, 2.05) is 4.90 Å². The van der Waals surface area contributed by atoms with E-state index in [-0.39, 0.29) is 17.9 Å². The van der Waals surface area contributed by atoms with Crippen molar-refractivity contribution < 1.29 is 9.59 Å². The summed E-state index contributed by atoms with van der Waals surface area (Å²) >= 11 is 0. The Morgan fingerprint density at radius 2 is 1.82 bits per heavy atom. The molecule has 3 aliphatic heterocycles. The number of piperidine rings is 1. The first-order chi connectivity index (χ1) is 13.6. The van der Waals surface area contributed by atoms with Crippen LogP contribution >= 0.6 is 0 Å². The van der Waals surface area contributed by atoms with Crippen LogP contribution in [-0.2, 0) is 9.59 Å². The van der Waals surface area contributed by atoms with Gasteiger partial charge >= 0.3 is 0 Å². The summed E-state index contributed by atoms with van der Waals surface area (Å²) in [6, 6.07) is 8.83. The molecule has 3 atom stereocenters. The molecule has 0 aromatic heterocycles. The third-order valence-electron chi connectivity index (χ3n) is 6.91. The molecule has 1 aromatic rings. The molecule has 28 heavy (non-hydrogen) atoms. The van der Waals surface area contributed by atoms with E-state index in [1.54, 1.807) is 11.8 Å². The number of nitrogens with one attached hydrogen (secondary N) is 2. The van der Waals surface area contributed by atoms with Gasteiger partial charge in [-0.05, 0) is 49.7 Å². The first-order valence-electron chi connectivity index (χ1n) is 10.7. The van der Waals surface area contributed by atoms with Gasteiger partial charge in [0.05, 0.1) is 0 Å². The van der Waals surface area contributed by atoms with Crippen molar-refractivity contribution in [1.29, 1.82) is 0 Å². The second-order valence-corrected chi connectivity index (χ2v) is 8.55. The molecule has 0 aliphatic carbocycles. The third-order valence-corrected chi connectivity index (χ3v) is 6.91. The van der Waals surface area contributed by atoms with Crippen LogP contribution in [0.5, 0.6) is 0 Å². The van der Waals surface area contributed by atoms with E-state index in [0.717, 1.165) is 51.9 Å². The van der Waals surface area contributed by atoms with Crippen LogP contribution in [0.1, 0.15) is 49.7 Å². The van der Waals surface area contributed by atoms with E-state index in [4.69, 9.17) is 0 Å². The van der Waals surface area contributed by atoms with Crippen LogP contribution in [-0.4, -0.2) is 59.9 Å². The number of aryl methyl sites for hydroxylation is 1. The molecule has 0 radical (unpaired) electrons. The molecule has 152 valence electrons. The summed E-state index contributed by atoms with van der Waals surface area (Å²) in [6.45, 7) is 7.02. The number of amides is 2. The summed E-state index contributed by atoms with van der Waals surface area (Å²) in [4.78, 5) is 28.5. The van der Waals surface area contributed by atoms with Crippen molar-refractivity contribution in [1.82, 2.24) is 20.7 Å². The Hall–Kier alpha value is -1.92. The predicted octanol–water partition coefficient (Wildman–Crippen LogP) is 1.80. The second kappa shape index (κ2) is 8.21. The second-order valence-electron chi connectivity index (χ2n) is 8.55. The number of carbonyl (C=O) groups excluding carboxylic acids is 2. The molecule has 2 unspecified atom stereocenters. The van der Waals surface area contributed by atoms with Gasteiger partial charge in [0, 0.05) is 45.1 Å². The van der Waals surface area contributed by atoms with E-state index < -0.39 is 0 Å². The lowest BCUT2D eigenvalue weighted by Crippen LogP contribution is -2.51. The maximum atomic E-state index is 13.0. The summed E-state index contributed by atoms with van der Waals surface area (Å²) < 4.78 is 0. The summed E-state index contributed by atoms with van der Waals surface area (Å²) in [5, 5.41) is 0. The molecule has 1 aromatic carbocycles. The lowest BCUT2D eigenvalue weighted by Gasteiger charge is -2.38. The first-order valence-corrected chi connectivity index (χ1v) is 10.7. The maximum Gasteiger partial charge on any atom is 0.245 e. The van der Waals surface area contributed by atoms with E-state index in [2.05, 4.69) is 42.0 Å². The minimum absolute atomic E-state index is 0.0213. The summed E-state index contributed by atoms with van der Waals surface area (Å²) in [7, 11) is 0. The molecular formula is C22H32N4O2.